The second kappa shape index (κ2) is 14.4. The van der Waals surface area contributed by atoms with Crippen molar-refractivity contribution in [3.63, 3.8) is 0 Å². The van der Waals surface area contributed by atoms with Crippen molar-refractivity contribution in [3.05, 3.63) is 88.7 Å². The first-order chi connectivity index (χ1) is 19.0. The highest BCUT2D eigenvalue weighted by molar-refractivity contribution is 5.73. The van der Waals surface area contributed by atoms with Crippen molar-refractivity contribution in [2.24, 2.45) is 5.92 Å². The van der Waals surface area contributed by atoms with Gasteiger partial charge in [0.05, 0.1) is 6.61 Å². The fraction of sp³-hybridized carbons (Fsp3) is 0.429. The Kier molecular flexibility index (Phi) is 10.7. The summed E-state index contributed by atoms with van der Waals surface area (Å²) in [5, 5.41) is 0. The molecule has 208 valence electrons. The van der Waals surface area contributed by atoms with Gasteiger partial charge in [-0.25, -0.2) is 13.2 Å². The van der Waals surface area contributed by atoms with Gasteiger partial charge in [-0.2, -0.15) is 0 Å². The lowest BCUT2D eigenvalue weighted by atomic mass is 9.79. The van der Waals surface area contributed by atoms with Crippen LogP contribution < -0.4 is 4.74 Å². The van der Waals surface area contributed by atoms with Crippen LogP contribution in [0.15, 0.2) is 54.6 Å². The van der Waals surface area contributed by atoms with E-state index in [-0.39, 0.29) is 17.3 Å². The highest BCUT2D eigenvalue weighted by atomic mass is 19.2. The molecule has 39 heavy (non-hydrogen) atoms. The molecule has 0 spiro atoms. The molecule has 0 atom stereocenters. The van der Waals surface area contributed by atoms with Gasteiger partial charge in [-0.1, -0.05) is 107 Å². The van der Waals surface area contributed by atoms with Crippen molar-refractivity contribution in [1.29, 1.82) is 0 Å². The normalized spacial score (nSPS) is 17.6. The van der Waals surface area contributed by atoms with Crippen molar-refractivity contribution in [1.82, 2.24) is 0 Å². The van der Waals surface area contributed by atoms with E-state index < -0.39 is 11.6 Å². The fourth-order valence-electron chi connectivity index (χ4n) is 5.45. The maximum atomic E-state index is 14.9. The second-order valence-electron chi connectivity index (χ2n) is 11.0. The minimum absolute atomic E-state index is 0.0996. The lowest BCUT2D eigenvalue weighted by molar-refractivity contribution is 0.303. The van der Waals surface area contributed by atoms with Gasteiger partial charge in [-0.3, -0.25) is 0 Å². The first kappa shape index (κ1) is 29.0. The monoisotopic (exact) mass is 534 g/mol. The summed E-state index contributed by atoms with van der Waals surface area (Å²) in [7, 11) is 0. The summed E-state index contributed by atoms with van der Waals surface area (Å²) >= 11 is 0. The van der Waals surface area contributed by atoms with E-state index in [0.29, 0.717) is 29.4 Å². The van der Waals surface area contributed by atoms with Crippen LogP contribution >= 0.6 is 0 Å². The molecular formula is C35H41F3O. The molecular weight excluding hydrogens is 493 g/mol. The molecule has 0 radical (unpaired) electrons. The van der Waals surface area contributed by atoms with Gasteiger partial charge in [0.15, 0.2) is 11.6 Å². The standard InChI is InChI=1S/C35H41F3O/c1-3-4-5-6-7-8-23-39-30-20-22-31(33(36)24-30)27-16-11-26(12-17-27)13-18-29-19-21-32(35(38)34(29)37)28-14-9-25(2)10-15-28/h11-13,16-22,24-25,28H,3-10,14-15,23H2,1-2H3/b18-13+. The van der Waals surface area contributed by atoms with Gasteiger partial charge in [-0.05, 0) is 59.9 Å². The summed E-state index contributed by atoms with van der Waals surface area (Å²) in [6, 6.07) is 15.8. The van der Waals surface area contributed by atoms with Crippen LogP contribution in [0.3, 0.4) is 0 Å². The highest BCUT2D eigenvalue weighted by Crippen LogP contribution is 2.37. The van der Waals surface area contributed by atoms with Gasteiger partial charge in [0.2, 0.25) is 0 Å². The molecule has 1 saturated carbocycles. The molecule has 4 rings (SSSR count). The predicted octanol–water partition coefficient (Wildman–Crippen LogP) is 11.0. The topological polar surface area (TPSA) is 9.23 Å². The molecule has 0 saturated heterocycles. The van der Waals surface area contributed by atoms with Gasteiger partial charge >= 0.3 is 0 Å². The Bertz CT molecular complexity index is 1220. The summed E-state index contributed by atoms with van der Waals surface area (Å²) < 4.78 is 50.3. The average Bonchev–Trinajstić information content (AvgIpc) is 2.94. The lowest BCUT2D eigenvalue weighted by Crippen LogP contribution is -2.13. The third kappa shape index (κ3) is 8.00. The molecule has 0 bridgehead atoms. The molecule has 0 aromatic heterocycles. The van der Waals surface area contributed by atoms with Crippen molar-refractivity contribution in [2.45, 2.75) is 84.0 Å². The third-order valence-electron chi connectivity index (χ3n) is 7.98. The summed E-state index contributed by atoms with van der Waals surface area (Å²) in [5.41, 5.74) is 2.80. The Morgan fingerprint density at radius 3 is 2.21 bits per heavy atom. The van der Waals surface area contributed by atoms with Gasteiger partial charge < -0.3 is 4.74 Å². The molecule has 1 aliphatic carbocycles. The highest BCUT2D eigenvalue weighted by Gasteiger charge is 2.24. The first-order valence-electron chi connectivity index (χ1n) is 14.6. The van der Waals surface area contributed by atoms with Crippen molar-refractivity contribution < 1.29 is 17.9 Å². The SMILES string of the molecule is CCCCCCCCOc1ccc(-c2ccc(/C=C/c3ccc(C4CCC(C)CC4)c(F)c3F)cc2)c(F)c1. The largest absolute Gasteiger partial charge is 0.493 e. The van der Waals surface area contributed by atoms with E-state index in [9.17, 15) is 13.2 Å². The molecule has 1 fully saturated rings. The van der Waals surface area contributed by atoms with Crippen LogP contribution in [-0.2, 0) is 0 Å². The number of hydrogen-bond acceptors (Lipinski definition) is 1. The van der Waals surface area contributed by atoms with Gasteiger partial charge in [0, 0.05) is 17.2 Å². The Hall–Kier alpha value is -3.01. The maximum Gasteiger partial charge on any atom is 0.166 e. The van der Waals surface area contributed by atoms with Crippen LogP contribution in [0.5, 0.6) is 5.75 Å². The van der Waals surface area contributed by atoms with E-state index in [1.807, 2.05) is 24.3 Å². The lowest BCUT2D eigenvalue weighted by Gasteiger charge is -2.27. The smallest absolute Gasteiger partial charge is 0.166 e. The zero-order valence-electron chi connectivity index (χ0n) is 23.3. The molecule has 0 amide bonds. The molecule has 0 aliphatic heterocycles. The van der Waals surface area contributed by atoms with Crippen molar-refractivity contribution in [2.75, 3.05) is 6.61 Å². The first-order valence-corrected chi connectivity index (χ1v) is 14.6. The van der Waals surface area contributed by atoms with E-state index >= 15 is 0 Å². The van der Waals surface area contributed by atoms with E-state index in [1.165, 1.54) is 31.7 Å². The Labute approximate surface area is 232 Å². The molecule has 3 aromatic carbocycles. The Morgan fingerprint density at radius 1 is 0.769 bits per heavy atom. The molecule has 3 aromatic rings. The van der Waals surface area contributed by atoms with E-state index in [0.717, 1.165) is 49.7 Å². The number of unbranched alkanes of at least 4 members (excludes halogenated alkanes) is 5. The summed E-state index contributed by atoms with van der Waals surface area (Å²) in [5.74, 6) is -0.539. The Morgan fingerprint density at radius 2 is 1.49 bits per heavy atom. The van der Waals surface area contributed by atoms with Crippen LogP contribution in [0, 0.1) is 23.4 Å². The van der Waals surface area contributed by atoms with Gasteiger partial charge in [0.1, 0.15) is 11.6 Å². The average molecular weight is 535 g/mol. The molecule has 0 N–H and O–H groups in total. The third-order valence-corrected chi connectivity index (χ3v) is 7.98. The van der Waals surface area contributed by atoms with Crippen LogP contribution in [0.2, 0.25) is 0 Å². The van der Waals surface area contributed by atoms with Crippen molar-refractivity contribution in [3.8, 4) is 16.9 Å². The zero-order valence-corrected chi connectivity index (χ0v) is 23.3. The number of benzene rings is 3. The van der Waals surface area contributed by atoms with E-state index in [2.05, 4.69) is 13.8 Å². The number of hydrogen-bond donors (Lipinski definition) is 0. The summed E-state index contributed by atoms with van der Waals surface area (Å²) in [6.45, 7) is 5.02. The molecule has 0 heterocycles. The van der Waals surface area contributed by atoms with Crippen LogP contribution in [0.25, 0.3) is 23.3 Å². The summed E-state index contributed by atoms with van der Waals surface area (Å²) in [6.07, 6.45) is 14.4. The van der Waals surface area contributed by atoms with E-state index in [4.69, 9.17) is 4.74 Å². The molecule has 1 nitrogen and oxygen atoms in total. The number of ether oxygens (including phenoxy) is 1. The van der Waals surface area contributed by atoms with Crippen LogP contribution in [0.4, 0.5) is 13.2 Å². The van der Waals surface area contributed by atoms with Gasteiger partial charge in [0.25, 0.3) is 0 Å². The second-order valence-corrected chi connectivity index (χ2v) is 11.0. The Balaban J connectivity index is 1.34. The fourth-order valence-corrected chi connectivity index (χ4v) is 5.45. The quantitative estimate of drug-likeness (QED) is 0.166. The molecule has 4 heteroatoms. The van der Waals surface area contributed by atoms with Crippen molar-refractivity contribution >= 4 is 12.2 Å². The summed E-state index contributed by atoms with van der Waals surface area (Å²) in [4.78, 5) is 0. The van der Waals surface area contributed by atoms with Crippen LogP contribution in [0.1, 0.15) is 101 Å². The number of halogens is 3. The van der Waals surface area contributed by atoms with Crippen LogP contribution in [-0.4, -0.2) is 6.61 Å². The molecule has 1 aliphatic rings. The number of rotatable bonds is 12. The predicted molar refractivity (Wildman–Crippen MR) is 156 cm³/mol. The minimum Gasteiger partial charge on any atom is -0.493 e. The minimum atomic E-state index is -0.792. The van der Waals surface area contributed by atoms with Gasteiger partial charge in [-0.15, -0.1) is 0 Å². The van der Waals surface area contributed by atoms with E-state index in [1.54, 1.807) is 36.4 Å². The maximum absolute atomic E-state index is 14.9. The molecule has 0 unspecified atom stereocenters. The zero-order chi connectivity index (χ0) is 27.6.